The average Bonchev–Trinajstić information content (AvgIpc) is 3.42. The van der Waals surface area contributed by atoms with E-state index in [2.05, 4.69) is 14.6 Å². The third-order valence-electron chi connectivity index (χ3n) is 7.38. The third-order valence-corrected chi connectivity index (χ3v) is 9.15. The van der Waals surface area contributed by atoms with Crippen molar-refractivity contribution in [3.63, 3.8) is 0 Å². The van der Waals surface area contributed by atoms with Crippen LogP contribution in [0.2, 0.25) is 0 Å². The summed E-state index contributed by atoms with van der Waals surface area (Å²) in [7, 11) is -3.99. The molecule has 2 aromatic carbocycles. The van der Waals surface area contributed by atoms with Gasteiger partial charge in [-0.3, -0.25) is 4.98 Å². The zero-order chi connectivity index (χ0) is 26.2. The van der Waals surface area contributed by atoms with Crippen LogP contribution in [0.5, 0.6) is 5.75 Å². The molecule has 198 valence electrons. The largest absolute Gasteiger partial charge is 0.573 e. The molecular formula is C27H30F3N3O3S. The summed E-state index contributed by atoms with van der Waals surface area (Å²) in [5.41, 5.74) is 1.80. The fourth-order valence-corrected chi connectivity index (χ4v) is 6.89. The molecular weight excluding hydrogens is 503 g/mol. The summed E-state index contributed by atoms with van der Waals surface area (Å²) in [6.07, 6.45) is 1.34. The van der Waals surface area contributed by atoms with Crippen LogP contribution in [0.15, 0.2) is 58.5 Å². The van der Waals surface area contributed by atoms with Crippen molar-refractivity contribution >= 4 is 26.4 Å². The molecule has 3 heterocycles. The number of anilines is 1. The first-order chi connectivity index (χ1) is 17.7. The van der Waals surface area contributed by atoms with Crippen LogP contribution in [-0.4, -0.2) is 56.9 Å². The molecule has 0 saturated carbocycles. The maximum Gasteiger partial charge on any atom is 0.573 e. The van der Waals surface area contributed by atoms with E-state index in [9.17, 15) is 21.6 Å². The monoisotopic (exact) mass is 533 g/mol. The lowest BCUT2D eigenvalue weighted by molar-refractivity contribution is -0.274. The van der Waals surface area contributed by atoms with Gasteiger partial charge in [-0.2, -0.15) is 0 Å². The van der Waals surface area contributed by atoms with Crippen LogP contribution in [0.1, 0.15) is 38.2 Å². The number of nitrogens with zero attached hydrogens (tertiary/aromatic N) is 3. The van der Waals surface area contributed by atoms with Gasteiger partial charge in [0, 0.05) is 30.7 Å². The molecule has 0 radical (unpaired) electrons. The summed E-state index contributed by atoms with van der Waals surface area (Å²) in [5.74, 6) is -0.406. The van der Waals surface area contributed by atoms with Crippen LogP contribution in [0.4, 0.5) is 18.9 Å². The molecule has 2 aliphatic rings. The number of fused-ring (bicyclic) bond motifs is 1. The van der Waals surface area contributed by atoms with E-state index in [-0.39, 0.29) is 9.79 Å². The predicted molar refractivity (Wildman–Crippen MR) is 136 cm³/mol. The molecule has 37 heavy (non-hydrogen) atoms. The highest BCUT2D eigenvalue weighted by atomic mass is 32.2. The van der Waals surface area contributed by atoms with Gasteiger partial charge in [-0.15, -0.1) is 13.2 Å². The minimum absolute atomic E-state index is 0.00645. The number of ether oxygens (including phenoxy) is 1. The summed E-state index contributed by atoms with van der Waals surface area (Å²) in [5, 5.41) is 0.327. The fourth-order valence-electron chi connectivity index (χ4n) is 5.45. The van der Waals surface area contributed by atoms with Crippen molar-refractivity contribution in [2.24, 2.45) is 0 Å². The predicted octanol–water partition coefficient (Wildman–Crippen LogP) is 5.59. The molecule has 3 aromatic rings. The molecule has 10 heteroatoms. The number of piperidine rings is 1. The van der Waals surface area contributed by atoms with Crippen LogP contribution in [0.25, 0.3) is 10.9 Å². The number of rotatable bonds is 6. The van der Waals surface area contributed by atoms with E-state index in [1.807, 2.05) is 11.8 Å². The Morgan fingerprint density at radius 3 is 2.30 bits per heavy atom. The van der Waals surface area contributed by atoms with E-state index in [4.69, 9.17) is 0 Å². The van der Waals surface area contributed by atoms with Crippen molar-refractivity contribution in [2.45, 2.75) is 61.2 Å². The van der Waals surface area contributed by atoms with Crippen LogP contribution >= 0.6 is 0 Å². The number of halogens is 3. The van der Waals surface area contributed by atoms with Crippen molar-refractivity contribution < 1.29 is 26.3 Å². The Hall–Kier alpha value is -2.85. The van der Waals surface area contributed by atoms with Gasteiger partial charge in [0.2, 0.25) is 9.84 Å². The standard InChI is InChI=1S/C27H30F3N3O3S/c1-2-19-5-8-22(9-6-19)37(34,35)25-18-31-24-10-7-21(36-27(28,29)30)17-23(24)26(25)33-15-11-20(12-16-33)32-13-3-4-14-32/h5-10,17-18,20H,2-4,11-16H2,1H3. The zero-order valence-electron chi connectivity index (χ0n) is 20.7. The molecule has 0 spiro atoms. The molecule has 0 amide bonds. The van der Waals surface area contributed by atoms with Gasteiger partial charge in [-0.1, -0.05) is 19.1 Å². The van der Waals surface area contributed by atoms with Crippen LogP contribution in [-0.2, 0) is 16.3 Å². The molecule has 5 rings (SSSR count). The van der Waals surface area contributed by atoms with Gasteiger partial charge in [-0.05, 0) is 81.1 Å². The molecule has 6 nitrogen and oxygen atoms in total. The number of benzene rings is 2. The molecule has 1 aromatic heterocycles. The molecule has 0 bridgehead atoms. The Morgan fingerprint density at radius 2 is 1.68 bits per heavy atom. The third kappa shape index (κ3) is 5.40. The van der Waals surface area contributed by atoms with E-state index in [1.54, 1.807) is 24.3 Å². The number of hydrogen-bond donors (Lipinski definition) is 0. The van der Waals surface area contributed by atoms with E-state index in [1.165, 1.54) is 37.2 Å². The molecule has 0 unspecified atom stereocenters. The molecule has 0 N–H and O–H groups in total. The minimum atomic E-state index is -4.86. The lowest BCUT2D eigenvalue weighted by atomic mass is 10.0. The maximum atomic E-state index is 13.8. The van der Waals surface area contributed by atoms with Gasteiger partial charge >= 0.3 is 6.36 Å². The lowest BCUT2D eigenvalue weighted by Gasteiger charge is -2.38. The Labute approximate surface area is 215 Å². The van der Waals surface area contributed by atoms with Gasteiger partial charge in [0.1, 0.15) is 10.6 Å². The summed E-state index contributed by atoms with van der Waals surface area (Å²) >= 11 is 0. The number of pyridine rings is 1. The van der Waals surface area contributed by atoms with Crippen molar-refractivity contribution in [3.05, 3.63) is 54.2 Å². The van der Waals surface area contributed by atoms with Gasteiger partial charge in [0.25, 0.3) is 0 Å². The highest BCUT2D eigenvalue weighted by molar-refractivity contribution is 7.91. The second-order valence-electron chi connectivity index (χ2n) is 9.66. The number of hydrogen-bond acceptors (Lipinski definition) is 6. The second kappa shape index (κ2) is 10.1. The summed E-state index contributed by atoms with van der Waals surface area (Å²) in [6, 6.07) is 11.0. The summed E-state index contributed by atoms with van der Waals surface area (Å²) < 4.78 is 70.8. The molecule has 0 aliphatic carbocycles. The van der Waals surface area contributed by atoms with Gasteiger partial charge < -0.3 is 14.5 Å². The Morgan fingerprint density at radius 1 is 1.00 bits per heavy atom. The highest BCUT2D eigenvalue weighted by Gasteiger charge is 2.33. The van der Waals surface area contributed by atoms with Gasteiger partial charge in [0.15, 0.2) is 0 Å². The zero-order valence-corrected chi connectivity index (χ0v) is 21.5. The molecule has 2 fully saturated rings. The first-order valence-electron chi connectivity index (χ1n) is 12.7. The molecule has 0 atom stereocenters. The van der Waals surface area contributed by atoms with Crippen LogP contribution < -0.4 is 9.64 Å². The molecule has 2 aliphatic heterocycles. The highest BCUT2D eigenvalue weighted by Crippen LogP contribution is 2.39. The maximum absolute atomic E-state index is 13.8. The van der Waals surface area contributed by atoms with Gasteiger partial charge in [0.05, 0.1) is 16.1 Å². The van der Waals surface area contributed by atoms with E-state index in [0.717, 1.165) is 37.9 Å². The van der Waals surface area contributed by atoms with Crippen molar-refractivity contribution in [2.75, 3.05) is 31.1 Å². The van der Waals surface area contributed by atoms with Crippen molar-refractivity contribution in [1.29, 1.82) is 0 Å². The lowest BCUT2D eigenvalue weighted by Crippen LogP contribution is -2.44. The number of alkyl halides is 3. The minimum Gasteiger partial charge on any atom is -0.406 e. The normalized spacial score (nSPS) is 18.0. The summed E-state index contributed by atoms with van der Waals surface area (Å²) in [6.45, 7) is 5.34. The first-order valence-corrected chi connectivity index (χ1v) is 14.2. The Bertz CT molecular complexity index is 1360. The average molecular weight is 534 g/mol. The van der Waals surface area contributed by atoms with E-state index in [0.29, 0.717) is 35.7 Å². The quantitative estimate of drug-likeness (QED) is 0.412. The number of aryl methyl sites for hydroxylation is 1. The van der Waals surface area contributed by atoms with E-state index < -0.39 is 21.9 Å². The van der Waals surface area contributed by atoms with E-state index >= 15 is 0 Å². The van der Waals surface area contributed by atoms with Crippen molar-refractivity contribution in [1.82, 2.24) is 9.88 Å². The van der Waals surface area contributed by atoms with Crippen LogP contribution in [0.3, 0.4) is 0 Å². The topological polar surface area (TPSA) is 62.7 Å². The van der Waals surface area contributed by atoms with Gasteiger partial charge in [-0.25, -0.2) is 8.42 Å². The fraction of sp³-hybridized carbons (Fsp3) is 0.444. The smallest absolute Gasteiger partial charge is 0.406 e. The number of sulfone groups is 1. The van der Waals surface area contributed by atoms with Crippen LogP contribution in [0, 0.1) is 0 Å². The first kappa shape index (κ1) is 25.8. The van der Waals surface area contributed by atoms with Crippen molar-refractivity contribution in [3.8, 4) is 5.75 Å². The summed E-state index contributed by atoms with van der Waals surface area (Å²) in [4.78, 5) is 8.92. The number of aromatic nitrogens is 1. The number of likely N-dealkylation sites (tertiary alicyclic amines) is 1. The SMILES string of the molecule is CCc1ccc(S(=O)(=O)c2cnc3ccc(OC(F)(F)F)cc3c2N2CCC(N3CCCC3)CC2)cc1. The Balaban J connectivity index is 1.59. The Kier molecular flexibility index (Phi) is 7.06. The second-order valence-corrected chi connectivity index (χ2v) is 11.6. The molecule has 2 saturated heterocycles.